The fourth-order valence-electron chi connectivity index (χ4n) is 2.81. The molecule has 0 fully saturated rings. The average Bonchev–Trinajstić information content (AvgIpc) is 2.49. The van der Waals surface area contributed by atoms with Crippen LogP contribution in [0.1, 0.15) is 89.5 Å². The van der Waals surface area contributed by atoms with E-state index in [-0.39, 0.29) is 29.6 Å². The van der Waals surface area contributed by atoms with Crippen molar-refractivity contribution in [2.24, 2.45) is 0 Å². The van der Waals surface area contributed by atoms with Crippen LogP contribution in [0, 0.1) is 0 Å². The summed E-state index contributed by atoms with van der Waals surface area (Å²) in [7, 11) is 0. The Kier molecular flexibility index (Phi) is 16.8. The number of aryl methyl sites for hydroxylation is 1. The van der Waals surface area contributed by atoms with Gasteiger partial charge in [0, 0.05) is 29.6 Å². The van der Waals surface area contributed by atoms with E-state index in [9.17, 15) is 0 Å². The van der Waals surface area contributed by atoms with Gasteiger partial charge in [-0.2, -0.15) is 0 Å². The van der Waals surface area contributed by atoms with Crippen LogP contribution in [0.25, 0.3) is 0 Å². The summed E-state index contributed by atoms with van der Waals surface area (Å²) in [5.74, 6) is 0. The van der Waals surface area contributed by atoms with Crippen LogP contribution in [0.15, 0.2) is 30.3 Å². The van der Waals surface area contributed by atoms with Crippen molar-refractivity contribution in [1.82, 2.24) is 0 Å². The summed E-state index contributed by atoms with van der Waals surface area (Å²) in [6.07, 6.45) is 18.5. The average molecular weight is 297 g/mol. The molecule has 0 unspecified atom stereocenters. The largest absolute Gasteiger partial charge is 0.0654 e. The van der Waals surface area contributed by atoms with Gasteiger partial charge >= 0.3 is 0 Å². The fraction of sp³-hybridized carbons (Fsp3) is 0.700. The zero-order valence-corrected chi connectivity index (χ0v) is 16.6. The summed E-state index contributed by atoms with van der Waals surface area (Å²) < 4.78 is 0. The molecule has 0 N–H and O–H groups in total. The van der Waals surface area contributed by atoms with Crippen LogP contribution in [0.2, 0.25) is 0 Å². The van der Waals surface area contributed by atoms with Gasteiger partial charge in [-0.15, -0.1) is 0 Å². The van der Waals surface area contributed by atoms with Gasteiger partial charge in [0.1, 0.15) is 0 Å². The number of hydrogen-bond acceptors (Lipinski definition) is 0. The second-order valence-corrected chi connectivity index (χ2v) is 6.12. The molecule has 0 aliphatic rings. The zero-order valence-electron chi connectivity index (χ0n) is 14.6. The van der Waals surface area contributed by atoms with E-state index in [1.54, 1.807) is 0 Å². The molecule has 0 aliphatic carbocycles. The van der Waals surface area contributed by atoms with Gasteiger partial charge in [-0.1, -0.05) is 108 Å². The molecule has 0 saturated carbocycles. The maximum Gasteiger partial charge on any atom is 0 e. The molecule has 0 spiro atoms. The van der Waals surface area contributed by atoms with Gasteiger partial charge in [0.05, 0.1) is 0 Å². The second kappa shape index (κ2) is 16.6. The Morgan fingerprint density at radius 2 is 1.00 bits per heavy atom. The quantitative estimate of drug-likeness (QED) is 0.286. The molecule has 0 amide bonds. The zero-order chi connectivity index (χ0) is 14.3. The fourth-order valence-corrected chi connectivity index (χ4v) is 2.81. The van der Waals surface area contributed by atoms with E-state index in [4.69, 9.17) is 0 Å². The minimum Gasteiger partial charge on any atom is -0.0654 e. The predicted octanol–water partition coefficient (Wildman–Crippen LogP) is 6.55. The molecule has 0 atom stereocenters. The smallest absolute Gasteiger partial charge is 0 e. The van der Waals surface area contributed by atoms with Gasteiger partial charge in [0.25, 0.3) is 0 Å². The van der Waals surface area contributed by atoms with Gasteiger partial charge in [-0.25, -0.2) is 0 Å². The van der Waals surface area contributed by atoms with Crippen LogP contribution in [0.5, 0.6) is 0 Å². The van der Waals surface area contributed by atoms with E-state index in [0.29, 0.717) is 0 Å². The summed E-state index contributed by atoms with van der Waals surface area (Å²) in [6, 6.07) is 10.9. The minimum absolute atomic E-state index is 0. The number of benzene rings is 1. The van der Waals surface area contributed by atoms with Gasteiger partial charge < -0.3 is 0 Å². The molecular weight excluding hydrogens is 263 g/mol. The molecule has 0 bridgehead atoms. The molecule has 0 heterocycles. The van der Waals surface area contributed by atoms with Crippen LogP contribution in [-0.4, -0.2) is 29.6 Å². The molecular formula is C20H34Na. The van der Waals surface area contributed by atoms with Crippen molar-refractivity contribution >= 4 is 29.6 Å². The summed E-state index contributed by atoms with van der Waals surface area (Å²) in [6.45, 7) is 2.29. The Balaban J connectivity index is 0.00000400. The molecule has 0 saturated heterocycles. The third-order valence-electron chi connectivity index (χ3n) is 4.16. The van der Waals surface area contributed by atoms with Crippen LogP contribution in [-0.2, 0) is 6.42 Å². The van der Waals surface area contributed by atoms with Crippen molar-refractivity contribution in [3.63, 3.8) is 0 Å². The molecule has 0 nitrogen and oxygen atoms in total. The molecule has 1 aromatic rings. The Morgan fingerprint density at radius 1 is 0.571 bits per heavy atom. The summed E-state index contributed by atoms with van der Waals surface area (Å²) >= 11 is 0. The van der Waals surface area contributed by atoms with Crippen molar-refractivity contribution in [2.75, 3.05) is 0 Å². The number of hydrogen-bond donors (Lipinski definition) is 0. The third-order valence-corrected chi connectivity index (χ3v) is 4.16. The first-order valence-corrected chi connectivity index (χ1v) is 8.97. The van der Waals surface area contributed by atoms with E-state index >= 15 is 0 Å². The van der Waals surface area contributed by atoms with E-state index in [2.05, 4.69) is 37.3 Å². The normalized spacial score (nSPS) is 10.3. The SMILES string of the molecule is CCCCCCCCCCCCCCc1ccccc1.[Na]. The van der Waals surface area contributed by atoms with Crippen LogP contribution >= 0.6 is 0 Å². The third kappa shape index (κ3) is 13.6. The first kappa shape index (κ1) is 21.2. The van der Waals surface area contributed by atoms with E-state index in [0.717, 1.165) is 0 Å². The molecule has 0 aromatic heterocycles. The van der Waals surface area contributed by atoms with Crippen molar-refractivity contribution < 1.29 is 0 Å². The van der Waals surface area contributed by atoms with E-state index in [1.165, 1.54) is 89.0 Å². The van der Waals surface area contributed by atoms with Crippen molar-refractivity contribution in [2.45, 2.75) is 90.4 Å². The standard InChI is InChI=1S/C20H34.Na/c1-2-3-4-5-6-7-8-9-10-11-12-14-17-20-18-15-13-16-19-20;/h13,15-16,18-19H,2-12,14,17H2,1H3;. The molecule has 0 aliphatic heterocycles. The second-order valence-electron chi connectivity index (χ2n) is 6.12. The molecule has 1 aromatic carbocycles. The van der Waals surface area contributed by atoms with Gasteiger partial charge in [-0.05, 0) is 18.4 Å². The molecule has 1 heteroatoms. The number of rotatable bonds is 13. The monoisotopic (exact) mass is 297 g/mol. The Hall–Kier alpha value is 0.220. The predicted molar refractivity (Wildman–Crippen MR) is 97.0 cm³/mol. The minimum atomic E-state index is 0. The van der Waals surface area contributed by atoms with E-state index in [1.807, 2.05) is 0 Å². The topological polar surface area (TPSA) is 0 Å². The van der Waals surface area contributed by atoms with Gasteiger partial charge in [0.15, 0.2) is 0 Å². The first-order chi connectivity index (χ1) is 9.93. The molecule has 115 valence electrons. The van der Waals surface area contributed by atoms with Gasteiger partial charge in [-0.3, -0.25) is 0 Å². The number of unbranched alkanes of at least 4 members (excludes halogenated alkanes) is 11. The van der Waals surface area contributed by atoms with Crippen LogP contribution in [0.4, 0.5) is 0 Å². The summed E-state index contributed by atoms with van der Waals surface area (Å²) in [4.78, 5) is 0. The molecule has 21 heavy (non-hydrogen) atoms. The van der Waals surface area contributed by atoms with E-state index < -0.39 is 0 Å². The summed E-state index contributed by atoms with van der Waals surface area (Å²) in [5, 5.41) is 0. The Labute approximate surface area is 155 Å². The van der Waals surface area contributed by atoms with Crippen LogP contribution < -0.4 is 0 Å². The Bertz CT molecular complexity index is 294. The van der Waals surface area contributed by atoms with Crippen molar-refractivity contribution in [1.29, 1.82) is 0 Å². The molecule has 1 radical (unpaired) electrons. The summed E-state index contributed by atoms with van der Waals surface area (Å²) in [5.41, 5.74) is 1.50. The van der Waals surface area contributed by atoms with Crippen LogP contribution in [0.3, 0.4) is 0 Å². The Morgan fingerprint density at radius 3 is 1.48 bits per heavy atom. The first-order valence-electron chi connectivity index (χ1n) is 8.97. The maximum absolute atomic E-state index is 2.29. The van der Waals surface area contributed by atoms with Crippen molar-refractivity contribution in [3.8, 4) is 0 Å². The maximum atomic E-state index is 2.29. The molecule has 1 rings (SSSR count). The van der Waals surface area contributed by atoms with Crippen molar-refractivity contribution in [3.05, 3.63) is 35.9 Å². The van der Waals surface area contributed by atoms with Gasteiger partial charge in [0.2, 0.25) is 0 Å².